The number of sulfonamides is 2. The summed E-state index contributed by atoms with van der Waals surface area (Å²) in [5, 5.41) is 0. The third-order valence-electron chi connectivity index (χ3n) is 2.11. The van der Waals surface area contributed by atoms with Gasteiger partial charge in [-0.2, -0.15) is 0 Å². The van der Waals surface area contributed by atoms with Gasteiger partial charge >= 0.3 is 0 Å². The fourth-order valence-electron chi connectivity index (χ4n) is 1.10. The van der Waals surface area contributed by atoms with Gasteiger partial charge in [-0.25, -0.2) is 16.8 Å². The van der Waals surface area contributed by atoms with E-state index in [9.17, 15) is 16.8 Å². The number of hydrogen-bond acceptors (Lipinski definition) is 4. The van der Waals surface area contributed by atoms with Crippen LogP contribution in [0.25, 0.3) is 4.72 Å². The molecular formula is C10H15N2O4S2-. The van der Waals surface area contributed by atoms with Gasteiger partial charge in [0.25, 0.3) is 0 Å². The molecule has 0 heterocycles. The minimum atomic E-state index is -3.49. The van der Waals surface area contributed by atoms with Gasteiger partial charge in [0.1, 0.15) is 0 Å². The largest absolute Gasteiger partial charge is 0.577 e. The monoisotopic (exact) mass is 291 g/mol. The number of hydrogen-bond donors (Lipinski definition) is 1. The van der Waals surface area contributed by atoms with E-state index in [1.165, 1.54) is 38.1 Å². The lowest BCUT2D eigenvalue weighted by atomic mass is 10.3. The second kappa shape index (κ2) is 5.57. The third kappa shape index (κ3) is 4.53. The number of anilines is 1. The molecule has 1 N–H and O–H groups in total. The van der Waals surface area contributed by atoms with Crippen LogP contribution in [-0.2, 0) is 20.0 Å². The summed E-state index contributed by atoms with van der Waals surface area (Å²) in [5.74, 6) is -0.153. The van der Waals surface area contributed by atoms with Crippen LogP contribution in [0.4, 0.5) is 11.4 Å². The summed E-state index contributed by atoms with van der Waals surface area (Å²) in [6, 6.07) is 5.94. The summed E-state index contributed by atoms with van der Waals surface area (Å²) in [6.45, 7) is 3.00. The van der Waals surface area contributed by atoms with Gasteiger partial charge in [-0.05, 0) is 13.0 Å². The second-order valence-electron chi connectivity index (χ2n) is 3.52. The zero-order chi connectivity index (χ0) is 13.8. The standard InChI is InChI=1S/C10H15N2O4S2/c1-3-17(13,14)11-9-6-5-7-10(8-9)12-18(15,16)4-2/h5-8,11H,3-4H2,1-2H3/q-1. The predicted octanol–water partition coefficient (Wildman–Crippen LogP) is 1.80. The van der Waals surface area contributed by atoms with Crippen molar-refractivity contribution in [3.8, 4) is 0 Å². The molecule has 0 aromatic heterocycles. The quantitative estimate of drug-likeness (QED) is 0.864. The number of benzene rings is 1. The van der Waals surface area contributed by atoms with Crippen LogP contribution in [0.2, 0.25) is 0 Å². The molecule has 0 radical (unpaired) electrons. The van der Waals surface area contributed by atoms with Gasteiger partial charge in [-0.15, -0.1) is 5.69 Å². The SMILES string of the molecule is CCS(=O)(=O)[N-]c1cccc(NS(=O)(=O)CC)c1. The minimum Gasteiger partial charge on any atom is -0.577 e. The predicted molar refractivity (Wildman–Crippen MR) is 72.0 cm³/mol. The van der Waals surface area contributed by atoms with Crippen LogP contribution in [0, 0.1) is 0 Å². The van der Waals surface area contributed by atoms with Crippen LogP contribution in [0.3, 0.4) is 0 Å². The highest BCUT2D eigenvalue weighted by Crippen LogP contribution is 2.26. The average Bonchev–Trinajstić information content (AvgIpc) is 2.28. The highest BCUT2D eigenvalue weighted by molar-refractivity contribution is 7.94. The minimum absolute atomic E-state index is 0.0539. The molecule has 1 aromatic carbocycles. The number of nitrogens with zero attached hydrogens (tertiary/aromatic N) is 1. The molecule has 0 unspecified atom stereocenters. The highest BCUT2D eigenvalue weighted by atomic mass is 32.2. The van der Waals surface area contributed by atoms with Gasteiger partial charge in [0.15, 0.2) is 0 Å². The highest BCUT2D eigenvalue weighted by Gasteiger charge is 2.05. The Morgan fingerprint density at radius 1 is 1.11 bits per heavy atom. The molecule has 0 aliphatic heterocycles. The summed E-state index contributed by atoms with van der Waals surface area (Å²) in [6.07, 6.45) is 0. The summed E-state index contributed by atoms with van der Waals surface area (Å²) in [5.41, 5.74) is 0.498. The fraction of sp³-hybridized carbons (Fsp3) is 0.400. The fourth-order valence-corrected chi connectivity index (χ4v) is 2.30. The van der Waals surface area contributed by atoms with Crippen LogP contribution >= 0.6 is 0 Å². The molecule has 0 bridgehead atoms. The van der Waals surface area contributed by atoms with Crippen molar-refractivity contribution in [2.24, 2.45) is 0 Å². The second-order valence-corrected chi connectivity index (χ2v) is 7.45. The molecule has 0 saturated carbocycles. The molecule has 0 amide bonds. The molecule has 0 saturated heterocycles. The summed E-state index contributed by atoms with van der Waals surface area (Å²) in [7, 11) is -6.87. The van der Waals surface area contributed by atoms with Crippen molar-refractivity contribution in [3.05, 3.63) is 29.0 Å². The Morgan fingerprint density at radius 3 is 2.33 bits per heavy atom. The average molecular weight is 291 g/mol. The van der Waals surface area contributed by atoms with Gasteiger partial charge < -0.3 is 4.72 Å². The van der Waals surface area contributed by atoms with Crippen molar-refractivity contribution >= 4 is 31.4 Å². The Kier molecular flexibility index (Phi) is 4.58. The smallest absolute Gasteiger partial charge is 0.232 e. The van der Waals surface area contributed by atoms with Crippen molar-refractivity contribution in [2.45, 2.75) is 13.8 Å². The number of rotatable bonds is 6. The van der Waals surface area contributed by atoms with Crippen LogP contribution in [0.1, 0.15) is 13.8 Å². The zero-order valence-electron chi connectivity index (χ0n) is 10.1. The van der Waals surface area contributed by atoms with Crippen molar-refractivity contribution in [2.75, 3.05) is 16.2 Å². The molecular weight excluding hydrogens is 276 g/mol. The van der Waals surface area contributed by atoms with Gasteiger partial charge in [-0.1, -0.05) is 25.1 Å². The van der Waals surface area contributed by atoms with Crippen molar-refractivity contribution in [3.63, 3.8) is 0 Å². The van der Waals surface area contributed by atoms with Crippen LogP contribution in [0.15, 0.2) is 24.3 Å². The van der Waals surface area contributed by atoms with Crippen molar-refractivity contribution in [1.29, 1.82) is 0 Å². The summed E-state index contributed by atoms with van der Waals surface area (Å²) >= 11 is 0. The first-order valence-corrected chi connectivity index (χ1v) is 8.60. The summed E-state index contributed by atoms with van der Waals surface area (Å²) in [4.78, 5) is 0. The first-order chi connectivity index (χ1) is 8.28. The molecule has 18 heavy (non-hydrogen) atoms. The van der Waals surface area contributed by atoms with Gasteiger partial charge in [0, 0.05) is 11.4 Å². The first kappa shape index (κ1) is 14.8. The van der Waals surface area contributed by atoms with E-state index in [2.05, 4.69) is 9.44 Å². The Balaban J connectivity index is 2.94. The summed E-state index contributed by atoms with van der Waals surface area (Å²) < 4.78 is 51.2. The molecule has 0 atom stereocenters. The Hall–Kier alpha value is -1.28. The normalized spacial score (nSPS) is 12.1. The lowest BCUT2D eigenvalue weighted by Gasteiger charge is -2.21. The van der Waals surface area contributed by atoms with E-state index < -0.39 is 20.0 Å². The molecule has 0 fully saturated rings. The van der Waals surface area contributed by atoms with Gasteiger partial charge in [0.05, 0.1) is 15.8 Å². The van der Waals surface area contributed by atoms with Crippen LogP contribution in [0.5, 0.6) is 0 Å². The number of nitrogens with one attached hydrogen (secondary N) is 1. The molecule has 0 spiro atoms. The van der Waals surface area contributed by atoms with E-state index in [0.29, 0.717) is 5.69 Å². The maximum Gasteiger partial charge on any atom is 0.232 e. The molecule has 0 aliphatic rings. The molecule has 6 nitrogen and oxygen atoms in total. The van der Waals surface area contributed by atoms with E-state index in [1.807, 2.05) is 0 Å². The van der Waals surface area contributed by atoms with Crippen LogP contribution < -0.4 is 4.72 Å². The Morgan fingerprint density at radius 2 is 1.78 bits per heavy atom. The van der Waals surface area contributed by atoms with E-state index in [-0.39, 0.29) is 17.2 Å². The van der Waals surface area contributed by atoms with Gasteiger partial charge in [-0.3, -0.25) is 4.72 Å². The van der Waals surface area contributed by atoms with Crippen molar-refractivity contribution < 1.29 is 16.8 Å². The maximum absolute atomic E-state index is 11.4. The molecule has 1 rings (SSSR count). The van der Waals surface area contributed by atoms with E-state index >= 15 is 0 Å². The lowest BCUT2D eigenvalue weighted by Crippen LogP contribution is -2.14. The Bertz CT molecular complexity index is 557. The topological polar surface area (TPSA) is 94.4 Å². The molecule has 1 aromatic rings. The van der Waals surface area contributed by atoms with Crippen molar-refractivity contribution in [1.82, 2.24) is 0 Å². The zero-order valence-corrected chi connectivity index (χ0v) is 11.8. The van der Waals surface area contributed by atoms with E-state index in [1.54, 1.807) is 0 Å². The lowest BCUT2D eigenvalue weighted by molar-refractivity contribution is 0.601. The maximum atomic E-state index is 11.4. The molecule has 8 heteroatoms. The van der Waals surface area contributed by atoms with E-state index in [0.717, 1.165) is 0 Å². The van der Waals surface area contributed by atoms with Crippen LogP contribution in [-0.4, -0.2) is 28.3 Å². The Labute approximate surface area is 108 Å². The molecule has 102 valence electrons. The molecule has 0 aliphatic carbocycles. The van der Waals surface area contributed by atoms with E-state index in [4.69, 9.17) is 0 Å². The van der Waals surface area contributed by atoms with Gasteiger partial charge in [0.2, 0.25) is 10.0 Å². The third-order valence-corrected chi connectivity index (χ3v) is 4.63. The first-order valence-electron chi connectivity index (χ1n) is 5.34.